The molecule has 0 bridgehead atoms. The zero-order chi connectivity index (χ0) is 10.1. The van der Waals surface area contributed by atoms with Gasteiger partial charge in [-0.3, -0.25) is 0 Å². The highest BCUT2D eigenvalue weighted by molar-refractivity contribution is 8.00. The number of unbranched alkanes of at least 4 members (excludes halogenated alkanes) is 6. The van der Waals surface area contributed by atoms with Gasteiger partial charge in [-0.25, -0.2) is 0 Å². The minimum absolute atomic E-state index is 1.03. The average Bonchev–Trinajstić information content (AvgIpc) is 2.69. The van der Waals surface area contributed by atoms with E-state index in [1.54, 1.807) is 0 Å². The molecule has 0 aromatic carbocycles. The maximum absolute atomic E-state index is 2.29. The van der Waals surface area contributed by atoms with Crippen LogP contribution >= 0.6 is 11.8 Å². The Bertz CT molecular complexity index is 116. The first-order valence-electron chi connectivity index (χ1n) is 6.55. The van der Waals surface area contributed by atoms with Gasteiger partial charge in [0.25, 0.3) is 0 Å². The SMILES string of the molecule is CCCCCCCCCC1CCCS1. The summed E-state index contributed by atoms with van der Waals surface area (Å²) in [5.74, 6) is 1.43. The predicted molar refractivity (Wildman–Crippen MR) is 68.1 cm³/mol. The Balaban J connectivity index is 1.75. The van der Waals surface area contributed by atoms with Crippen molar-refractivity contribution in [2.45, 2.75) is 76.4 Å². The van der Waals surface area contributed by atoms with Gasteiger partial charge in [-0.05, 0) is 25.0 Å². The van der Waals surface area contributed by atoms with Crippen molar-refractivity contribution in [3.05, 3.63) is 0 Å². The van der Waals surface area contributed by atoms with E-state index in [4.69, 9.17) is 0 Å². The van der Waals surface area contributed by atoms with Gasteiger partial charge in [0.15, 0.2) is 0 Å². The molecule has 14 heavy (non-hydrogen) atoms. The van der Waals surface area contributed by atoms with Gasteiger partial charge in [0, 0.05) is 5.25 Å². The van der Waals surface area contributed by atoms with E-state index in [-0.39, 0.29) is 0 Å². The summed E-state index contributed by atoms with van der Waals surface area (Å²) in [6.45, 7) is 2.29. The number of hydrogen-bond acceptors (Lipinski definition) is 1. The highest BCUT2D eigenvalue weighted by Gasteiger charge is 2.14. The molecular weight excluding hydrogens is 188 g/mol. The van der Waals surface area contributed by atoms with Gasteiger partial charge in [0.1, 0.15) is 0 Å². The van der Waals surface area contributed by atoms with Gasteiger partial charge in [-0.2, -0.15) is 11.8 Å². The Kier molecular flexibility index (Phi) is 7.67. The maximum Gasteiger partial charge on any atom is 0.00473 e. The minimum Gasteiger partial charge on any atom is -0.159 e. The van der Waals surface area contributed by atoms with E-state index < -0.39 is 0 Å². The Morgan fingerprint density at radius 2 is 1.71 bits per heavy atom. The summed E-state index contributed by atoms with van der Waals surface area (Å²) >= 11 is 2.21. The zero-order valence-corrected chi connectivity index (χ0v) is 10.6. The fourth-order valence-electron chi connectivity index (χ4n) is 2.20. The summed E-state index contributed by atoms with van der Waals surface area (Å²) < 4.78 is 0. The van der Waals surface area contributed by atoms with Crippen LogP contribution in [0.25, 0.3) is 0 Å². The Morgan fingerprint density at radius 1 is 1.00 bits per heavy atom. The van der Waals surface area contributed by atoms with Crippen LogP contribution in [0.1, 0.15) is 71.1 Å². The second-order valence-electron chi connectivity index (χ2n) is 4.55. The normalized spacial score (nSPS) is 21.6. The van der Waals surface area contributed by atoms with Crippen LogP contribution < -0.4 is 0 Å². The molecule has 1 heterocycles. The molecule has 0 radical (unpaired) electrons. The van der Waals surface area contributed by atoms with Crippen LogP contribution in [0.15, 0.2) is 0 Å². The monoisotopic (exact) mass is 214 g/mol. The van der Waals surface area contributed by atoms with E-state index in [1.807, 2.05) is 0 Å². The number of hydrogen-bond donors (Lipinski definition) is 0. The Labute approximate surface area is 94.2 Å². The molecule has 0 spiro atoms. The molecule has 1 fully saturated rings. The Hall–Kier alpha value is 0.350. The predicted octanol–water partition coefficient (Wildman–Crippen LogP) is 5.02. The molecule has 1 aliphatic rings. The highest BCUT2D eigenvalue weighted by atomic mass is 32.2. The lowest BCUT2D eigenvalue weighted by Crippen LogP contribution is -1.95. The van der Waals surface area contributed by atoms with Gasteiger partial charge in [0.05, 0.1) is 0 Å². The molecule has 0 aromatic heterocycles. The molecule has 1 unspecified atom stereocenters. The van der Waals surface area contributed by atoms with Crippen LogP contribution in [0, 0.1) is 0 Å². The molecule has 1 heteroatoms. The van der Waals surface area contributed by atoms with Gasteiger partial charge in [-0.1, -0.05) is 51.9 Å². The highest BCUT2D eigenvalue weighted by Crippen LogP contribution is 2.30. The van der Waals surface area contributed by atoms with E-state index in [2.05, 4.69) is 18.7 Å². The summed E-state index contributed by atoms with van der Waals surface area (Å²) in [5, 5.41) is 1.03. The number of rotatable bonds is 8. The summed E-state index contributed by atoms with van der Waals surface area (Å²) in [4.78, 5) is 0. The van der Waals surface area contributed by atoms with E-state index >= 15 is 0 Å². The van der Waals surface area contributed by atoms with Crippen molar-refractivity contribution in [2.24, 2.45) is 0 Å². The number of thioether (sulfide) groups is 1. The van der Waals surface area contributed by atoms with E-state index in [9.17, 15) is 0 Å². The second-order valence-corrected chi connectivity index (χ2v) is 5.95. The summed E-state index contributed by atoms with van der Waals surface area (Å²) in [6, 6.07) is 0. The molecule has 0 aliphatic carbocycles. The van der Waals surface area contributed by atoms with Crippen molar-refractivity contribution in [3.8, 4) is 0 Å². The molecular formula is C13H26S. The Morgan fingerprint density at radius 3 is 2.36 bits per heavy atom. The van der Waals surface area contributed by atoms with Crippen molar-refractivity contribution in [1.29, 1.82) is 0 Å². The largest absolute Gasteiger partial charge is 0.159 e. The fraction of sp³-hybridized carbons (Fsp3) is 1.00. The van der Waals surface area contributed by atoms with Crippen molar-refractivity contribution >= 4 is 11.8 Å². The first kappa shape index (κ1) is 12.4. The topological polar surface area (TPSA) is 0 Å². The summed E-state index contributed by atoms with van der Waals surface area (Å²) in [6.07, 6.45) is 14.7. The zero-order valence-electron chi connectivity index (χ0n) is 9.76. The molecule has 0 aromatic rings. The van der Waals surface area contributed by atoms with Gasteiger partial charge >= 0.3 is 0 Å². The van der Waals surface area contributed by atoms with Gasteiger partial charge < -0.3 is 0 Å². The van der Waals surface area contributed by atoms with Crippen molar-refractivity contribution in [1.82, 2.24) is 0 Å². The second kappa shape index (κ2) is 8.64. The lowest BCUT2D eigenvalue weighted by Gasteiger charge is -2.07. The third-order valence-electron chi connectivity index (χ3n) is 3.15. The van der Waals surface area contributed by atoms with E-state index in [1.165, 1.54) is 70.0 Å². The molecule has 84 valence electrons. The van der Waals surface area contributed by atoms with Crippen LogP contribution in [-0.2, 0) is 0 Å². The standard InChI is InChI=1S/C13H26S/c1-2-3-4-5-6-7-8-10-13-11-9-12-14-13/h13H,2-12H2,1H3. The van der Waals surface area contributed by atoms with Crippen molar-refractivity contribution in [3.63, 3.8) is 0 Å². The van der Waals surface area contributed by atoms with Crippen molar-refractivity contribution < 1.29 is 0 Å². The summed E-state index contributed by atoms with van der Waals surface area (Å²) in [5.41, 5.74) is 0. The van der Waals surface area contributed by atoms with E-state index in [0.29, 0.717) is 0 Å². The molecule has 1 atom stereocenters. The summed E-state index contributed by atoms with van der Waals surface area (Å²) in [7, 11) is 0. The molecule has 0 nitrogen and oxygen atoms in total. The van der Waals surface area contributed by atoms with Crippen LogP contribution in [0.2, 0.25) is 0 Å². The van der Waals surface area contributed by atoms with Gasteiger partial charge in [0.2, 0.25) is 0 Å². The van der Waals surface area contributed by atoms with Crippen LogP contribution in [0.3, 0.4) is 0 Å². The molecule has 0 amide bonds. The molecule has 0 saturated carbocycles. The smallest absolute Gasteiger partial charge is 0.00473 e. The molecule has 1 rings (SSSR count). The molecule has 1 aliphatic heterocycles. The lowest BCUT2D eigenvalue weighted by atomic mass is 10.1. The third kappa shape index (κ3) is 5.95. The quantitative estimate of drug-likeness (QED) is 0.511. The molecule has 0 N–H and O–H groups in total. The fourth-order valence-corrected chi connectivity index (χ4v) is 3.53. The minimum atomic E-state index is 1.03. The van der Waals surface area contributed by atoms with Crippen LogP contribution in [0.4, 0.5) is 0 Å². The first-order valence-corrected chi connectivity index (χ1v) is 7.60. The molecule has 1 saturated heterocycles. The average molecular weight is 214 g/mol. The maximum atomic E-state index is 2.29. The van der Waals surface area contributed by atoms with E-state index in [0.717, 1.165) is 5.25 Å². The van der Waals surface area contributed by atoms with Gasteiger partial charge in [-0.15, -0.1) is 0 Å². The lowest BCUT2D eigenvalue weighted by molar-refractivity contribution is 0.565. The van der Waals surface area contributed by atoms with Crippen LogP contribution in [-0.4, -0.2) is 11.0 Å². The van der Waals surface area contributed by atoms with Crippen molar-refractivity contribution in [2.75, 3.05) is 5.75 Å². The van der Waals surface area contributed by atoms with Crippen LogP contribution in [0.5, 0.6) is 0 Å². The third-order valence-corrected chi connectivity index (χ3v) is 4.62. The first-order chi connectivity index (χ1) is 6.93.